The molecule has 17 heavy (non-hydrogen) atoms. The highest BCUT2D eigenvalue weighted by Gasteiger charge is 2.09. The van der Waals surface area contributed by atoms with Gasteiger partial charge in [-0.3, -0.25) is 0 Å². The predicted octanol–water partition coefficient (Wildman–Crippen LogP) is 3.89. The number of anilines is 1. The summed E-state index contributed by atoms with van der Waals surface area (Å²) in [5, 5.41) is 1.20. The van der Waals surface area contributed by atoms with Crippen molar-refractivity contribution in [2.75, 3.05) is 5.73 Å². The Labute approximate surface area is 103 Å². The molecule has 0 atom stereocenters. The van der Waals surface area contributed by atoms with Crippen LogP contribution in [-0.4, -0.2) is 4.98 Å². The molecule has 0 aliphatic rings. The standard InChI is InChI=1S/C15H20N2/c1-4-6-12-9-11-7-5-8-13(10(2)3)14(11)17-15(12)16/h5,7-10H,4,6H2,1-3H3,(H2,16,17). The molecule has 0 unspecified atom stereocenters. The Morgan fingerprint density at radius 3 is 2.71 bits per heavy atom. The van der Waals surface area contributed by atoms with Gasteiger partial charge in [-0.1, -0.05) is 45.4 Å². The van der Waals surface area contributed by atoms with Crippen molar-refractivity contribution < 1.29 is 0 Å². The summed E-state index contributed by atoms with van der Waals surface area (Å²) in [4.78, 5) is 4.59. The molecule has 1 aromatic carbocycles. The number of hydrogen-bond donors (Lipinski definition) is 1. The van der Waals surface area contributed by atoms with E-state index in [2.05, 4.69) is 50.0 Å². The van der Waals surface area contributed by atoms with E-state index in [-0.39, 0.29) is 0 Å². The normalized spacial score (nSPS) is 11.3. The molecule has 0 aliphatic carbocycles. The Bertz CT molecular complexity index is 530. The molecular weight excluding hydrogens is 208 g/mol. The van der Waals surface area contributed by atoms with Crippen molar-refractivity contribution in [3.63, 3.8) is 0 Å². The Kier molecular flexibility index (Phi) is 3.32. The maximum Gasteiger partial charge on any atom is 0.127 e. The van der Waals surface area contributed by atoms with Gasteiger partial charge in [0.2, 0.25) is 0 Å². The van der Waals surface area contributed by atoms with E-state index < -0.39 is 0 Å². The highest BCUT2D eigenvalue weighted by atomic mass is 14.8. The fourth-order valence-corrected chi connectivity index (χ4v) is 2.21. The second kappa shape index (κ2) is 4.74. The van der Waals surface area contributed by atoms with Crippen LogP contribution in [-0.2, 0) is 6.42 Å². The molecule has 0 fully saturated rings. The van der Waals surface area contributed by atoms with Crippen molar-refractivity contribution in [2.45, 2.75) is 39.5 Å². The molecule has 0 saturated heterocycles. The van der Waals surface area contributed by atoms with Crippen molar-refractivity contribution in [1.82, 2.24) is 4.98 Å². The lowest BCUT2D eigenvalue weighted by molar-refractivity contribution is 0.871. The average Bonchev–Trinajstić information content (AvgIpc) is 2.29. The van der Waals surface area contributed by atoms with Crippen molar-refractivity contribution in [2.24, 2.45) is 0 Å². The van der Waals surface area contributed by atoms with E-state index in [1.807, 2.05) is 0 Å². The smallest absolute Gasteiger partial charge is 0.127 e. The van der Waals surface area contributed by atoms with Gasteiger partial charge < -0.3 is 5.73 Å². The quantitative estimate of drug-likeness (QED) is 0.865. The molecule has 1 heterocycles. The van der Waals surface area contributed by atoms with E-state index >= 15 is 0 Å². The van der Waals surface area contributed by atoms with Gasteiger partial charge in [0.1, 0.15) is 5.82 Å². The van der Waals surface area contributed by atoms with E-state index in [0.717, 1.165) is 18.4 Å². The molecule has 2 rings (SSSR count). The Morgan fingerprint density at radius 2 is 2.06 bits per heavy atom. The summed E-state index contributed by atoms with van der Waals surface area (Å²) in [7, 11) is 0. The van der Waals surface area contributed by atoms with E-state index in [9.17, 15) is 0 Å². The van der Waals surface area contributed by atoms with Gasteiger partial charge in [0, 0.05) is 5.39 Å². The minimum atomic E-state index is 0.475. The van der Waals surface area contributed by atoms with E-state index in [1.165, 1.54) is 16.5 Å². The number of para-hydroxylation sites is 1. The van der Waals surface area contributed by atoms with E-state index in [1.54, 1.807) is 0 Å². The van der Waals surface area contributed by atoms with E-state index in [0.29, 0.717) is 11.7 Å². The Balaban J connectivity index is 2.64. The topological polar surface area (TPSA) is 38.9 Å². The molecule has 0 radical (unpaired) electrons. The third kappa shape index (κ3) is 2.26. The van der Waals surface area contributed by atoms with Crippen LogP contribution in [0.15, 0.2) is 24.3 Å². The lowest BCUT2D eigenvalue weighted by Crippen LogP contribution is -2.00. The summed E-state index contributed by atoms with van der Waals surface area (Å²) < 4.78 is 0. The molecular formula is C15H20N2. The van der Waals surface area contributed by atoms with Crippen LogP contribution in [0.1, 0.15) is 44.2 Å². The number of benzene rings is 1. The monoisotopic (exact) mass is 228 g/mol. The number of aryl methyl sites for hydroxylation is 1. The van der Waals surface area contributed by atoms with Crippen molar-refractivity contribution in [1.29, 1.82) is 0 Å². The number of nitrogens with two attached hydrogens (primary N) is 1. The molecule has 0 spiro atoms. The summed E-state index contributed by atoms with van der Waals surface area (Å²) in [5.74, 6) is 1.16. The van der Waals surface area contributed by atoms with Gasteiger partial charge in [-0.2, -0.15) is 0 Å². The Morgan fingerprint density at radius 1 is 1.29 bits per heavy atom. The molecule has 0 amide bonds. The Hall–Kier alpha value is -1.57. The van der Waals surface area contributed by atoms with Gasteiger partial charge >= 0.3 is 0 Å². The van der Waals surface area contributed by atoms with Crippen LogP contribution >= 0.6 is 0 Å². The predicted molar refractivity (Wildman–Crippen MR) is 74.2 cm³/mol. The molecule has 2 heteroatoms. The number of rotatable bonds is 3. The van der Waals surface area contributed by atoms with E-state index in [4.69, 9.17) is 5.73 Å². The maximum absolute atomic E-state index is 6.03. The maximum atomic E-state index is 6.03. The van der Waals surface area contributed by atoms with Crippen LogP contribution in [0.2, 0.25) is 0 Å². The van der Waals surface area contributed by atoms with Crippen molar-refractivity contribution in [3.05, 3.63) is 35.4 Å². The number of nitrogens with zero attached hydrogens (tertiary/aromatic N) is 1. The van der Waals surface area contributed by atoms with Crippen LogP contribution in [0.25, 0.3) is 10.9 Å². The van der Waals surface area contributed by atoms with Crippen LogP contribution in [0, 0.1) is 0 Å². The first-order valence-electron chi connectivity index (χ1n) is 6.31. The summed E-state index contributed by atoms with van der Waals surface area (Å²) >= 11 is 0. The van der Waals surface area contributed by atoms with Gasteiger partial charge in [0.25, 0.3) is 0 Å². The van der Waals surface area contributed by atoms with Crippen LogP contribution in [0.3, 0.4) is 0 Å². The highest BCUT2D eigenvalue weighted by Crippen LogP contribution is 2.26. The molecule has 2 aromatic rings. The molecule has 2 N–H and O–H groups in total. The summed E-state index contributed by atoms with van der Waals surface area (Å²) in [5.41, 5.74) is 9.53. The second-order valence-corrected chi connectivity index (χ2v) is 4.86. The van der Waals surface area contributed by atoms with Crippen LogP contribution in [0.4, 0.5) is 5.82 Å². The van der Waals surface area contributed by atoms with Crippen molar-refractivity contribution >= 4 is 16.7 Å². The SMILES string of the molecule is CCCc1cc2cccc(C(C)C)c2nc1N. The van der Waals surface area contributed by atoms with Crippen LogP contribution < -0.4 is 5.73 Å². The molecule has 1 aromatic heterocycles. The first-order chi connectivity index (χ1) is 8.13. The summed E-state index contributed by atoms with van der Waals surface area (Å²) in [6, 6.07) is 8.55. The first kappa shape index (κ1) is 11.9. The zero-order valence-electron chi connectivity index (χ0n) is 10.8. The third-order valence-electron chi connectivity index (χ3n) is 3.13. The van der Waals surface area contributed by atoms with Crippen LogP contribution in [0.5, 0.6) is 0 Å². The average molecular weight is 228 g/mol. The zero-order chi connectivity index (χ0) is 12.4. The highest BCUT2D eigenvalue weighted by molar-refractivity contribution is 5.84. The number of aromatic nitrogens is 1. The number of fused-ring (bicyclic) bond motifs is 1. The molecule has 0 bridgehead atoms. The summed E-state index contributed by atoms with van der Waals surface area (Å²) in [6.45, 7) is 6.54. The number of hydrogen-bond acceptors (Lipinski definition) is 2. The van der Waals surface area contributed by atoms with Gasteiger partial charge in [-0.25, -0.2) is 4.98 Å². The second-order valence-electron chi connectivity index (χ2n) is 4.86. The van der Waals surface area contributed by atoms with Gasteiger partial charge in [-0.05, 0) is 29.5 Å². The largest absolute Gasteiger partial charge is 0.383 e. The number of nitrogen functional groups attached to an aromatic ring is 1. The molecule has 90 valence electrons. The third-order valence-corrected chi connectivity index (χ3v) is 3.13. The summed E-state index contributed by atoms with van der Waals surface area (Å²) in [6.07, 6.45) is 2.10. The zero-order valence-corrected chi connectivity index (χ0v) is 10.8. The van der Waals surface area contributed by atoms with Gasteiger partial charge in [0.05, 0.1) is 5.52 Å². The molecule has 0 aliphatic heterocycles. The molecule has 0 saturated carbocycles. The number of pyridine rings is 1. The minimum Gasteiger partial charge on any atom is -0.383 e. The lowest BCUT2D eigenvalue weighted by Gasteiger charge is -2.11. The van der Waals surface area contributed by atoms with Gasteiger partial charge in [-0.15, -0.1) is 0 Å². The van der Waals surface area contributed by atoms with Crippen molar-refractivity contribution in [3.8, 4) is 0 Å². The first-order valence-corrected chi connectivity index (χ1v) is 6.31. The fourth-order valence-electron chi connectivity index (χ4n) is 2.21. The lowest BCUT2D eigenvalue weighted by atomic mass is 9.98. The molecule has 2 nitrogen and oxygen atoms in total. The minimum absolute atomic E-state index is 0.475. The fraction of sp³-hybridized carbons (Fsp3) is 0.400. The van der Waals surface area contributed by atoms with Gasteiger partial charge in [0.15, 0.2) is 0 Å².